The highest BCUT2D eigenvalue weighted by atomic mass is 16.5. The molecule has 1 aromatic heterocycles. The number of methoxy groups -OCH3 is 1. The Balaban J connectivity index is 1.74. The molecule has 148 valence electrons. The lowest BCUT2D eigenvalue weighted by molar-refractivity contribution is -0.121. The number of nitrogens with zero attached hydrogens (tertiary/aromatic N) is 3. The molecule has 1 amide bonds. The molecular weight excluding hydrogens is 344 g/mol. The van der Waals surface area contributed by atoms with Crippen molar-refractivity contribution >= 4 is 5.91 Å². The zero-order chi connectivity index (χ0) is 19.6. The molecular formula is C20H30N4O3. The summed E-state index contributed by atoms with van der Waals surface area (Å²) in [7, 11) is 1.63. The molecule has 1 N–H and O–H groups in total. The topological polar surface area (TPSA) is 80.5 Å². The molecule has 1 atom stereocenters. The van der Waals surface area contributed by atoms with Crippen molar-refractivity contribution in [3.63, 3.8) is 0 Å². The number of nitrogens with one attached hydrogen (secondary N) is 1. The Morgan fingerprint density at radius 3 is 2.59 bits per heavy atom. The van der Waals surface area contributed by atoms with Gasteiger partial charge in [0, 0.05) is 31.0 Å². The van der Waals surface area contributed by atoms with Gasteiger partial charge in [0.1, 0.15) is 5.75 Å². The summed E-state index contributed by atoms with van der Waals surface area (Å²) in [6.45, 7) is 9.04. The lowest BCUT2D eigenvalue weighted by Crippen LogP contribution is -2.41. The maximum absolute atomic E-state index is 12.0. The number of rotatable bonds is 11. The van der Waals surface area contributed by atoms with E-state index in [1.54, 1.807) is 7.11 Å². The zero-order valence-electron chi connectivity index (χ0n) is 16.7. The molecule has 0 saturated heterocycles. The van der Waals surface area contributed by atoms with Gasteiger partial charge < -0.3 is 14.6 Å². The Morgan fingerprint density at radius 1 is 1.26 bits per heavy atom. The SMILES string of the molecule is CCN(CC)C(C)CNC(=O)CCCc1nc(-c2ccc(OC)cc2)no1. The van der Waals surface area contributed by atoms with Gasteiger partial charge in [-0.2, -0.15) is 4.98 Å². The smallest absolute Gasteiger partial charge is 0.226 e. The second-order valence-electron chi connectivity index (χ2n) is 6.47. The van der Waals surface area contributed by atoms with E-state index in [0.717, 1.165) is 24.4 Å². The maximum atomic E-state index is 12.0. The summed E-state index contributed by atoms with van der Waals surface area (Å²) in [4.78, 5) is 18.7. The van der Waals surface area contributed by atoms with Crippen molar-refractivity contribution in [1.82, 2.24) is 20.4 Å². The molecule has 1 aromatic carbocycles. The van der Waals surface area contributed by atoms with E-state index < -0.39 is 0 Å². The van der Waals surface area contributed by atoms with Crippen LogP contribution in [0.2, 0.25) is 0 Å². The summed E-state index contributed by atoms with van der Waals surface area (Å²) in [6, 6.07) is 7.83. The van der Waals surface area contributed by atoms with Crippen LogP contribution in [0.3, 0.4) is 0 Å². The lowest BCUT2D eigenvalue weighted by Gasteiger charge is -2.26. The number of benzene rings is 1. The summed E-state index contributed by atoms with van der Waals surface area (Å²) in [5.41, 5.74) is 0.869. The van der Waals surface area contributed by atoms with Crippen LogP contribution in [0.25, 0.3) is 11.4 Å². The van der Waals surface area contributed by atoms with Gasteiger partial charge in [-0.3, -0.25) is 9.69 Å². The zero-order valence-corrected chi connectivity index (χ0v) is 16.7. The summed E-state index contributed by atoms with van der Waals surface area (Å²) < 4.78 is 10.4. The molecule has 0 saturated carbocycles. The third kappa shape index (κ3) is 6.36. The predicted molar refractivity (Wildman–Crippen MR) is 105 cm³/mol. The maximum Gasteiger partial charge on any atom is 0.226 e. The molecule has 27 heavy (non-hydrogen) atoms. The number of aryl methyl sites for hydroxylation is 1. The molecule has 0 aliphatic heterocycles. The Bertz CT molecular complexity index is 696. The molecule has 7 heteroatoms. The first-order valence-corrected chi connectivity index (χ1v) is 9.55. The first kappa shape index (κ1) is 20.9. The van der Waals surface area contributed by atoms with Crippen LogP contribution >= 0.6 is 0 Å². The second kappa shape index (κ2) is 10.7. The van der Waals surface area contributed by atoms with E-state index in [0.29, 0.717) is 43.6 Å². The third-order valence-corrected chi connectivity index (χ3v) is 4.64. The number of ether oxygens (including phenoxy) is 1. The Kier molecular flexibility index (Phi) is 8.26. The fourth-order valence-electron chi connectivity index (χ4n) is 2.94. The molecule has 0 bridgehead atoms. The van der Waals surface area contributed by atoms with E-state index in [1.807, 2.05) is 24.3 Å². The van der Waals surface area contributed by atoms with E-state index >= 15 is 0 Å². The van der Waals surface area contributed by atoms with Crippen LogP contribution in [0, 0.1) is 0 Å². The first-order valence-electron chi connectivity index (χ1n) is 9.55. The van der Waals surface area contributed by atoms with E-state index in [9.17, 15) is 4.79 Å². The van der Waals surface area contributed by atoms with Gasteiger partial charge in [-0.1, -0.05) is 19.0 Å². The first-order chi connectivity index (χ1) is 13.1. The average molecular weight is 374 g/mol. The van der Waals surface area contributed by atoms with Gasteiger partial charge in [0.25, 0.3) is 0 Å². The summed E-state index contributed by atoms with van der Waals surface area (Å²) in [5, 5.41) is 7.00. The van der Waals surface area contributed by atoms with Crippen molar-refractivity contribution in [2.75, 3.05) is 26.7 Å². The second-order valence-corrected chi connectivity index (χ2v) is 6.47. The van der Waals surface area contributed by atoms with Gasteiger partial charge in [-0.25, -0.2) is 0 Å². The van der Waals surface area contributed by atoms with Crippen molar-refractivity contribution < 1.29 is 14.1 Å². The Labute approximate surface area is 161 Å². The van der Waals surface area contributed by atoms with Crippen LogP contribution in [0.15, 0.2) is 28.8 Å². The van der Waals surface area contributed by atoms with Crippen LogP contribution in [0.4, 0.5) is 0 Å². The van der Waals surface area contributed by atoms with Gasteiger partial charge in [0.15, 0.2) is 0 Å². The van der Waals surface area contributed by atoms with Gasteiger partial charge >= 0.3 is 0 Å². The molecule has 0 aliphatic rings. The number of carbonyl (C=O) groups excluding carboxylic acids is 1. The van der Waals surface area contributed by atoms with Crippen molar-refractivity contribution in [1.29, 1.82) is 0 Å². The molecule has 0 aliphatic carbocycles. The molecule has 0 fully saturated rings. The fourth-order valence-corrected chi connectivity index (χ4v) is 2.94. The van der Waals surface area contributed by atoms with E-state index in [-0.39, 0.29) is 5.91 Å². The highest BCUT2D eigenvalue weighted by Gasteiger charge is 2.12. The van der Waals surface area contributed by atoms with Gasteiger partial charge in [-0.05, 0) is 50.7 Å². The van der Waals surface area contributed by atoms with Gasteiger partial charge in [0.05, 0.1) is 7.11 Å². The fraction of sp³-hybridized carbons (Fsp3) is 0.550. The van der Waals surface area contributed by atoms with Crippen molar-refractivity contribution in [3.05, 3.63) is 30.2 Å². The number of amides is 1. The van der Waals surface area contributed by atoms with Gasteiger partial charge in [-0.15, -0.1) is 0 Å². The molecule has 1 unspecified atom stereocenters. The number of aromatic nitrogens is 2. The van der Waals surface area contributed by atoms with Crippen LogP contribution in [0.1, 0.15) is 39.5 Å². The summed E-state index contributed by atoms with van der Waals surface area (Å²) >= 11 is 0. The highest BCUT2D eigenvalue weighted by molar-refractivity contribution is 5.75. The minimum Gasteiger partial charge on any atom is -0.497 e. The molecule has 1 heterocycles. The lowest BCUT2D eigenvalue weighted by atomic mass is 10.2. The molecule has 0 spiro atoms. The summed E-state index contributed by atoms with van der Waals surface area (Å²) in [6.07, 6.45) is 1.71. The largest absolute Gasteiger partial charge is 0.497 e. The molecule has 2 aromatic rings. The molecule has 0 radical (unpaired) electrons. The quantitative estimate of drug-likeness (QED) is 0.651. The number of hydrogen-bond acceptors (Lipinski definition) is 6. The minimum absolute atomic E-state index is 0.0592. The standard InChI is InChI=1S/C20H30N4O3/c1-5-24(6-2)15(3)14-21-18(25)8-7-9-19-22-20(23-27-19)16-10-12-17(26-4)13-11-16/h10-13,15H,5-9,14H2,1-4H3,(H,21,25). The van der Waals surface area contributed by atoms with E-state index in [4.69, 9.17) is 9.26 Å². The molecule has 7 nitrogen and oxygen atoms in total. The minimum atomic E-state index is 0.0592. The normalized spacial score (nSPS) is 12.2. The summed E-state index contributed by atoms with van der Waals surface area (Å²) in [5.74, 6) is 1.93. The van der Waals surface area contributed by atoms with Crippen molar-refractivity contribution in [2.45, 2.75) is 46.1 Å². The van der Waals surface area contributed by atoms with Crippen molar-refractivity contribution in [2.24, 2.45) is 0 Å². The number of carbonyl (C=O) groups is 1. The highest BCUT2D eigenvalue weighted by Crippen LogP contribution is 2.20. The van der Waals surface area contributed by atoms with Crippen LogP contribution in [0.5, 0.6) is 5.75 Å². The Hall–Kier alpha value is -2.41. The number of hydrogen-bond donors (Lipinski definition) is 1. The van der Waals surface area contributed by atoms with Crippen LogP contribution in [-0.2, 0) is 11.2 Å². The molecule has 2 rings (SSSR count). The van der Waals surface area contributed by atoms with E-state index in [1.165, 1.54) is 0 Å². The predicted octanol–water partition coefficient (Wildman–Crippen LogP) is 2.91. The average Bonchev–Trinajstić information content (AvgIpc) is 3.16. The van der Waals surface area contributed by atoms with Gasteiger partial charge in [0.2, 0.25) is 17.6 Å². The number of likely N-dealkylation sites (N-methyl/N-ethyl adjacent to an activating group) is 1. The van der Waals surface area contributed by atoms with E-state index in [2.05, 4.69) is 41.1 Å². The third-order valence-electron chi connectivity index (χ3n) is 4.64. The monoisotopic (exact) mass is 374 g/mol. The van der Waals surface area contributed by atoms with Crippen LogP contribution in [-0.4, -0.2) is 53.7 Å². The Morgan fingerprint density at radius 2 is 1.96 bits per heavy atom. The van der Waals surface area contributed by atoms with Crippen LogP contribution < -0.4 is 10.1 Å². The van der Waals surface area contributed by atoms with Crippen molar-refractivity contribution in [3.8, 4) is 17.1 Å².